The van der Waals surface area contributed by atoms with E-state index in [0.717, 1.165) is 24.5 Å². The van der Waals surface area contributed by atoms with E-state index in [1.165, 1.54) is 30.5 Å². The summed E-state index contributed by atoms with van der Waals surface area (Å²) in [6, 6.07) is 15.9. The van der Waals surface area contributed by atoms with Crippen molar-refractivity contribution in [1.29, 1.82) is 0 Å². The van der Waals surface area contributed by atoms with E-state index in [0.29, 0.717) is 6.42 Å². The van der Waals surface area contributed by atoms with Crippen LogP contribution in [0.5, 0.6) is 5.75 Å². The molecular weight excluding hydrogens is 324 g/mol. The van der Waals surface area contributed by atoms with Crippen LogP contribution < -0.4 is 15.0 Å². The van der Waals surface area contributed by atoms with Crippen LogP contribution in [-0.4, -0.2) is 25.1 Å². The number of nitrogens with zero attached hydrogens (tertiary/aromatic N) is 1. The van der Waals surface area contributed by atoms with Crippen LogP contribution in [0.3, 0.4) is 0 Å². The van der Waals surface area contributed by atoms with Gasteiger partial charge in [0.1, 0.15) is 5.75 Å². The van der Waals surface area contributed by atoms with Crippen molar-refractivity contribution in [2.45, 2.75) is 45.6 Å². The van der Waals surface area contributed by atoms with Gasteiger partial charge in [0.05, 0.1) is 0 Å². The van der Waals surface area contributed by atoms with Gasteiger partial charge in [-0.05, 0) is 69.0 Å². The van der Waals surface area contributed by atoms with Crippen LogP contribution >= 0.6 is 0 Å². The number of piperidine rings is 1. The second kappa shape index (κ2) is 8.75. The summed E-state index contributed by atoms with van der Waals surface area (Å²) in [6.07, 6.45) is 3.95. The molecule has 1 N–H and O–H groups in total. The molecule has 4 heteroatoms. The number of carbonyl (C=O) groups is 1. The smallest absolute Gasteiger partial charge is 0.265 e. The molecule has 26 heavy (non-hydrogen) atoms. The quantitative estimate of drug-likeness (QED) is 0.813. The SMILES string of the molecule is CCC(Oc1ccc(C)cc1)C(=O)Nc1ccc(N2CCCCC2)cc1. The van der Waals surface area contributed by atoms with E-state index in [9.17, 15) is 4.79 Å². The molecule has 0 aromatic heterocycles. The Labute approximate surface area is 156 Å². The molecule has 0 radical (unpaired) electrons. The Morgan fingerprint density at radius 2 is 1.69 bits per heavy atom. The topological polar surface area (TPSA) is 41.6 Å². The van der Waals surface area contributed by atoms with Crippen LogP contribution in [0.15, 0.2) is 48.5 Å². The molecule has 1 atom stereocenters. The number of hydrogen-bond donors (Lipinski definition) is 1. The van der Waals surface area contributed by atoms with E-state index in [-0.39, 0.29) is 5.91 Å². The van der Waals surface area contributed by atoms with Gasteiger partial charge in [-0.1, -0.05) is 24.6 Å². The predicted octanol–water partition coefficient (Wildman–Crippen LogP) is 4.78. The van der Waals surface area contributed by atoms with Crippen molar-refractivity contribution in [3.63, 3.8) is 0 Å². The number of anilines is 2. The number of ether oxygens (including phenoxy) is 1. The van der Waals surface area contributed by atoms with Crippen molar-refractivity contribution in [3.05, 3.63) is 54.1 Å². The van der Waals surface area contributed by atoms with Gasteiger partial charge < -0.3 is 15.0 Å². The van der Waals surface area contributed by atoms with E-state index in [1.807, 2.05) is 50.2 Å². The van der Waals surface area contributed by atoms with Crippen molar-refractivity contribution in [2.75, 3.05) is 23.3 Å². The molecule has 2 aromatic carbocycles. The lowest BCUT2D eigenvalue weighted by Gasteiger charge is -2.28. The third kappa shape index (κ3) is 4.78. The Kier molecular flexibility index (Phi) is 6.16. The van der Waals surface area contributed by atoms with Gasteiger partial charge in [0.2, 0.25) is 0 Å². The molecule has 4 nitrogen and oxygen atoms in total. The number of nitrogens with one attached hydrogen (secondary N) is 1. The number of rotatable bonds is 6. The first-order valence-electron chi connectivity index (χ1n) is 9.55. The Morgan fingerprint density at radius 3 is 2.31 bits per heavy atom. The van der Waals surface area contributed by atoms with E-state index in [2.05, 4.69) is 22.3 Å². The van der Waals surface area contributed by atoms with Gasteiger partial charge in [-0.3, -0.25) is 4.79 Å². The summed E-state index contributed by atoms with van der Waals surface area (Å²) < 4.78 is 5.85. The molecule has 0 saturated carbocycles. The first-order valence-corrected chi connectivity index (χ1v) is 9.55. The fourth-order valence-corrected chi connectivity index (χ4v) is 3.23. The fourth-order valence-electron chi connectivity index (χ4n) is 3.23. The minimum absolute atomic E-state index is 0.112. The molecule has 2 aromatic rings. The van der Waals surface area contributed by atoms with E-state index in [4.69, 9.17) is 4.74 Å². The number of amides is 1. The van der Waals surface area contributed by atoms with Crippen LogP contribution in [0.4, 0.5) is 11.4 Å². The standard InChI is InChI=1S/C22H28N2O2/c1-3-21(26-20-13-7-17(2)8-14-20)22(25)23-18-9-11-19(12-10-18)24-15-5-4-6-16-24/h7-14,21H,3-6,15-16H2,1-2H3,(H,23,25). The molecule has 1 heterocycles. The van der Waals surface area contributed by atoms with E-state index < -0.39 is 6.10 Å². The van der Waals surface area contributed by atoms with Gasteiger partial charge in [0.25, 0.3) is 5.91 Å². The van der Waals surface area contributed by atoms with Gasteiger partial charge in [0.15, 0.2) is 6.10 Å². The Balaban J connectivity index is 1.59. The van der Waals surface area contributed by atoms with Gasteiger partial charge in [-0.25, -0.2) is 0 Å². The summed E-state index contributed by atoms with van der Waals surface area (Å²) in [5.41, 5.74) is 3.20. The maximum atomic E-state index is 12.6. The highest BCUT2D eigenvalue weighted by Crippen LogP contribution is 2.22. The van der Waals surface area contributed by atoms with Crippen molar-refractivity contribution in [3.8, 4) is 5.75 Å². The first-order chi connectivity index (χ1) is 12.7. The summed E-state index contributed by atoms with van der Waals surface area (Å²) in [7, 11) is 0. The summed E-state index contributed by atoms with van der Waals surface area (Å²) in [4.78, 5) is 15.0. The molecule has 3 rings (SSSR count). The van der Waals surface area contributed by atoms with E-state index >= 15 is 0 Å². The largest absolute Gasteiger partial charge is 0.481 e. The van der Waals surface area contributed by atoms with Crippen LogP contribution in [0.1, 0.15) is 38.2 Å². The highest BCUT2D eigenvalue weighted by atomic mass is 16.5. The molecular formula is C22H28N2O2. The van der Waals surface area contributed by atoms with Crippen LogP contribution in [0.25, 0.3) is 0 Å². The molecule has 0 aliphatic carbocycles. The van der Waals surface area contributed by atoms with Crippen molar-refractivity contribution >= 4 is 17.3 Å². The maximum absolute atomic E-state index is 12.6. The summed E-state index contributed by atoms with van der Waals surface area (Å²) >= 11 is 0. The van der Waals surface area contributed by atoms with Crippen LogP contribution in [0.2, 0.25) is 0 Å². The second-order valence-corrected chi connectivity index (χ2v) is 6.91. The lowest BCUT2D eigenvalue weighted by Crippen LogP contribution is -2.32. The Hall–Kier alpha value is -2.49. The zero-order valence-electron chi connectivity index (χ0n) is 15.7. The van der Waals surface area contributed by atoms with E-state index in [1.54, 1.807) is 0 Å². The van der Waals surface area contributed by atoms with Crippen LogP contribution in [0, 0.1) is 6.92 Å². The molecule has 0 spiro atoms. The van der Waals surface area contributed by atoms with Crippen molar-refractivity contribution in [2.24, 2.45) is 0 Å². The highest BCUT2D eigenvalue weighted by Gasteiger charge is 2.19. The lowest BCUT2D eigenvalue weighted by atomic mass is 10.1. The third-order valence-electron chi connectivity index (χ3n) is 4.82. The normalized spacial score (nSPS) is 15.4. The zero-order chi connectivity index (χ0) is 18.4. The zero-order valence-corrected chi connectivity index (χ0v) is 15.7. The summed E-state index contributed by atoms with van der Waals surface area (Å²) in [6.45, 7) is 6.22. The number of hydrogen-bond acceptors (Lipinski definition) is 3. The average Bonchev–Trinajstić information content (AvgIpc) is 2.68. The fraction of sp³-hybridized carbons (Fsp3) is 0.409. The average molecular weight is 352 g/mol. The minimum atomic E-state index is -0.500. The van der Waals surface area contributed by atoms with Gasteiger partial charge in [0, 0.05) is 24.5 Å². The maximum Gasteiger partial charge on any atom is 0.265 e. The highest BCUT2D eigenvalue weighted by molar-refractivity contribution is 5.94. The van der Waals surface area contributed by atoms with Gasteiger partial charge >= 0.3 is 0 Å². The minimum Gasteiger partial charge on any atom is -0.481 e. The number of aryl methyl sites for hydroxylation is 1. The molecule has 1 amide bonds. The molecule has 1 aliphatic heterocycles. The van der Waals surface area contributed by atoms with Gasteiger partial charge in [-0.15, -0.1) is 0 Å². The lowest BCUT2D eigenvalue weighted by molar-refractivity contribution is -0.122. The molecule has 138 valence electrons. The Morgan fingerprint density at radius 1 is 1.04 bits per heavy atom. The van der Waals surface area contributed by atoms with Crippen LogP contribution in [-0.2, 0) is 4.79 Å². The van der Waals surface area contributed by atoms with Crippen molar-refractivity contribution in [1.82, 2.24) is 0 Å². The third-order valence-corrected chi connectivity index (χ3v) is 4.82. The second-order valence-electron chi connectivity index (χ2n) is 6.91. The Bertz CT molecular complexity index is 704. The summed E-state index contributed by atoms with van der Waals surface area (Å²) in [5.74, 6) is 0.608. The summed E-state index contributed by atoms with van der Waals surface area (Å²) in [5, 5.41) is 2.97. The molecule has 1 saturated heterocycles. The molecule has 0 bridgehead atoms. The van der Waals surface area contributed by atoms with Gasteiger partial charge in [-0.2, -0.15) is 0 Å². The molecule has 1 aliphatic rings. The van der Waals surface area contributed by atoms with Crippen molar-refractivity contribution < 1.29 is 9.53 Å². The number of carbonyl (C=O) groups excluding carboxylic acids is 1. The monoisotopic (exact) mass is 352 g/mol. The molecule has 1 unspecified atom stereocenters. The predicted molar refractivity (Wildman–Crippen MR) is 107 cm³/mol. The first kappa shape index (κ1) is 18.3. The molecule has 1 fully saturated rings. The number of benzene rings is 2.